The van der Waals surface area contributed by atoms with Gasteiger partial charge in [0.25, 0.3) is 0 Å². The molecule has 1 aliphatic heterocycles. The molecule has 1 aliphatic rings. The lowest BCUT2D eigenvalue weighted by molar-refractivity contribution is 0.182. The Bertz CT molecular complexity index is 567. The summed E-state index contributed by atoms with van der Waals surface area (Å²) >= 11 is 0. The Morgan fingerprint density at radius 2 is 2.17 bits per heavy atom. The van der Waals surface area contributed by atoms with Crippen molar-refractivity contribution in [2.75, 3.05) is 13.2 Å². The highest BCUT2D eigenvalue weighted by Crippen LogP contribution is 2.19. The van der Waals surface area contributed by atoms with Crippen LogP contribution in [-0.2, 0) is 11.3 Å². The molecule has 1 atom stereocenters. The molecule has 2 aromatic rings. The van der Waals surface area contributed by atoms with Crippen LogP contribution in [0.3, 0.4) is 0 Å². The van der Waals surface area contributed by atoms with Crippen LogP contribution in [0.15, 0.2) is 39.6 Å². The van der Waals surface area contributed by atoms with E-state index < -0.39 is 5.76 Å². The van der Waals surface area contributed by atoms with Crippen molar-refractivity contribution in [1.82, 2.24) is 9.72 Å². The number of aromatic nitrogens is 2. The summed E-state index contributed by atoms with van der Waals surface area (Å²) < 4.78 is 11.7. The molecule has 5 nitrogen and oxygen atoms in total. The third-order valence-corrected chi connectivity index (χ3v) is 3.18. The lowest BCUT2D eigenvalue weighted by atomic mass is 10.1. The zero-order valence-corrected chi connectivity index (χ0v) is 9.91. The van der Waals surface area contributed by atoms with Crippen LogP contribution in [0.4, 0.5) is 0 Å². The fourth-order valence-corrected chi connectivity index (χ4v) is 2.21. The van der Waals surface area contributed by atoms with Crippen molar-refractivity contribution in [1.29, 1.82) is 0 Å². The highest BCUT2D eigenvalue weighted by atomic mass is 16.5. The van der Waals surface area contributed by atoms with E-state index in [9.17, 15) is 4.79 Å². The first kappa shape index (κ1) is 11.2. The van der Waals surface area contributed by atoms with Gasteiger partial charge in [0.2, 0.25) is 0 Å². The standard InChI is InChI=1S/C13H14N2O3/c16-13-15(8-10-6-7-17-9-10)12(14-18-13)11-4-2-1-3-5-11/h1-5,10H,6-9H2. The molecule has 1 aromatic carbocycles. The molecular weight excluding hydrogens is 232 g/mol. The highest BCUT2D eigenvalue weighted by molar-refractivity contribution is 5.54. The van der Waals surface area contributed by atoms with Crippen molar-refractivity contribution >= 4 is 0 Å². The van der Waals surface area contributed by atoms with Gasteiger partial charge in [0.15, 0.2) is 5.82 Å². The van der Waals surface area contributed by atoms with Crippen LogP contribution >= 0.6 is 0 Å². The number of nitrogens with zero attached hydrogens (tertiary/aromatic N) is 2. The summed E-state index contributed by atoms with van der Waals surface area (Å²) in [5.41, 5.74) is 0.891. The second-order valence-corrected chi connectivity index (χ2v) is 4.48. The number of ether oxygens (including phenoxy) is 1. The summed E-state index contributed by atoms with van der Waals surface area (Å²) in [5.74, 6) is 0.554. The van der Waals surface area contributed by atoms with Crippen LogP contribution in [0.1, 0.15) is 6.42 Å². The van der Waals surface area contributed by atoms with Crippen molar-refractivity contribution < 1.29 is 9.26 Å². The summed E-state index contributed by atoms with van der Waals surface area (Å²) in [5, 5.41) is 3.86. The summed E-state index contributed by atoms with van der Waals surface area (Å²) in [6, 6.07) is 9.59. The first-order valence-electron chi connectivity index (χ1n) is 6.04. The Balaban J connectivity index is 1.93. The minimum absolute atomic E-state index is 0.365. The van der Waals surface area contributed by atoms with E-state index in [1.165, 1.54) is 0 Å². The highest BCUT2D eigenvalue weighted by Gasteiger charge is 2.20. The van der Waals surface area contributed by atoms with Crippen molar-refractivity contribution in [3.63, 3.8) is 0 Å². The van der Waals surface area contributed by atoms with Crippen LogP contribution in [-0.4, -0.2) is 22.9 Å². The molecule has 0 radical (unpaired) electrons. The molecule has 3 rings (SSSR count). The minimum Gasteiger partial charge on any atom is -0.381 e. The van der Waals surface area contributed by atoms with Crippen LogP contribution < -0.4 is 5.76 Å². The van der Waals surface area contributed by atoms with Gasteiger partial charge in [0.05, 0.1) is 6.61 Å². The van der Waals surface area contributed by atoms with E-state index in [0.717, 1.165) is 18.6 Å². The third-order valence-electron chi connectivity index (χ3n) is 3.18. The Morgan fingerprint density at radius 3 is 2.89 bits per heavy atom. The molecule has 1 saturated heterocycles. The molecule has 0 spiro atoms. The van der Waals surface area contributed by atoms with E-state index in [4.69, 9.17) is 9.26 Å². The average molecular weight is 246 g/mol. The predicted octanol–water partition coefficient (Wildman–Crippen LogP) is 1.54. The van der Waals surface area contributed by atoms with E-state index in [-0.39, 0.29) is 0 Å². The third kappa shape index (κ3) is 2.09. The zero-order chi connectivity index (χ0) is 12.4. The molecule has 5 heteroatoms. The maximum Gasteiger partial charge on any atom is 0.441 e. The monoisotopic (exact) mass is 246 g/mol. The number of hydrogen-bond acceptors (Lipinski definition) is 4. The predicted molar refractivity (Wildman–Crippen MR) is 65.1 cm³/mol. The summed E-state index contributed by atoms with van der Waals surface area (Å²) in [4.78, 5) is 11.7. The summed E-state index contributed by atoms with van der Waals surface area (Å²) in [6.45, 7) is 2.07. The van der Waals surface area contributed by atoms with Gasteiger partial charge in [-0.1, -0.05) is 35.5 Å². The van der Waals surface area contributed by atoms with Crippen molar-refractivity contribution in [2.24, 2.45) is 5.92 Å². The van der Waals surface area contributed by atoms with Gasteiger partial charge in [-0.05, 0) is 6.42 Å². The van der Waals surface area contributed by atoms with Gasteiger partial charge in [0, 0.05) is 24.6 Å². The van der Waals surface area contributed by atoms with Gasteiger partial charge in [-0.3, -0.25) is 9.09 Å². The van der Waals surface area contributed by atoms with Gasteiger partial charge < -0.3 is 4.74 Å². The van der Waals surface area contributed by atoms with Gasteiger partial charge in [-0.2, -0.15) is 0 Å². The molecule has 0 saturated carbocycles. The topological polar surface area (TPSA) is 57.3 Å². The Kier molecular flexibility index (Phi) is 2.98. The summed E-state index contributed by atoms with van der Waals surface area (Å²) in [6.07, 6.45) is 0.978. The first-order valence-corrected chi connectivity index (χ1v) is 6.04. The molecule has 1 fully saturated rings. The second-order valence-electron chi connectivity index (χ2n) is 4.48. The van der Waals surface area contributed by atoms with Crippen LogP contribution in [0.5, 0.6) is 0 Å². The molecule has 0 bridgehead atoms. The number of hydrogen-bond donors (Lipinski definition) is 0. The minimum atomic E-state index is -0.402. The molecule has 0 amide bonds. The molecule has 18 heavy (non-hydrogen) atoms. The van der Waals surface area contributed by atoms with E-state index in [0.29, 0.717) is 24.9 Å². The molecular formula is C13H14N2O3. The number of benzene rings is 1. The maximum absolute atomic E-state index is 11.7. The van der Waals surface area contributed by atoms with E-state index >= 15 is 0 Å². The van der Waals surface area contributed by atoms with Crippen molar-refractivity contribution in [2.45, 2.75) is 13.0 Å². The Hall–Kier alpha value is -1.88. The molecule has 1 unspecified atom stereocenters. The summed E-state index contributed by atoms with van der Waals surface area (Å²) in [7, 11) is 0. The van der Waals surface area contributed by atoms with E-state index in [1.54, 1.807) is 4.57 Å². The Labute approximate surface area is 104 Å². The fraction of sp³-hybridized carbons (Fsp3) is 0.385. The SMILES string of the molecule is O=c1onc(-c2ccccc2)n1CC1CCOC1. The second kappa shape index (κ2) is 4.78. The van der Waals surface area contributed by atoms with Crippen LogP contribution in [0.25, 0.3) is 11.4 Å². The number of rotatable bonds is 3. The van der Waals surface area contributed by atoms with Crippen molar-refractivity contribution in [3.05, 3.63) is 40.9 Å². The average Bonchev–Trinajstić information content (AvgIpc) is 3.03. The van der Waals surface area contributed by atoms with E-state index in [2.05, 4.69) is 5.16 Å². The maximum atomic E-state index is 11.7. The smallest absolute Gasteiger partial charge is 0.381 e. The van der Waals surface area contributed by atoms with Gasteiger partial charge in [-0.15, -0.1) is 0 Å². The van der Waals surface area contributed by atoms with Crippen LogP contribution in [0.2, 0.25) is 0 Å². The van der Waals surface area contributed by atoms with Crippen molar-refractivity contribution in [3.8, 4) is 11.4 Å². The fourth-order valence-electron chi connectivity index (χ4n) is 2.21. The lowest BCUT2D eigenvalue weighted by Crippen LogP contribution is -2.21. The van der Waals surface area contributed by atoms with Crippen LogP contribution in [0, 0.1) is 5.92 Å². The zero-order valence-electron chi connectivity index (χ0n) is 9.91. The lowest BCUT2D eigenvalue weighted by Gasteiger charge is -2.08. The molecule has 2 heterocycles. The molecule has 1 aromatic heterocycles. The quantitative estimate of drug-likeness (QED) is 0.824. The first-order chi connectivity index (χ1) is 8.84. The molecule has 0 aliphatic carbocycles. The molecule has 0 N–H and O–H groups in total. The van der Waals surface area contributed by atoms with Gasteiger partial charge in [-0.25, -0.2) is 4.79 Å². The largest absolute Gasteiger partial charge is 0.441 e. The van der Waals surface area contributed by atoms with E-state index in [1.807, 2.05) is 30.3 Å². The Morgan fingerprint density at radius 1 is 1.33 bits per heavy atom. The van der Waals surface area contributed by atoms with Gasteiger partial charge >= 0.3 is 5.76 Å². The van der Waals surface area contributed by atoms with Gasteiger partial charge in [0.1, 0.15) is 0 Å². The molecule has 94 valence electrons. The normalized spacial score (nSPS) is 19.2.